The summed E-state index contributed by atoms with van der Waals surface area (Å²) in [6, 6.07) is 14.7. The highest BCUT2D eigenvalue weighted by atomic mass is 16.6. The number of ether oxygens (including phenoxy) is 1. The average Bonchev–Trinajstić information content (AvgIpc) is 2.49. The van der Waals surface area contributed by atoms with E-state index in [1.54, 1.807) is 12.1 Å². The second-order valence-corrected chi connectivity index (χ2v) is 6.59. The smallest absolute Gasteiger partial charge is 0.412 e. The molecule has 0 saturated heterocycles. The Morgan fingerprint density at radius 1 is 0.760 bits per heavy atom. The molecule has 0 saturated carbocycles. The molecule has 0 aromatic heterocycles. The SMILES string of the molecule is CC(=O)Nc1ccc(Nc2ccc(NC(=O)OC(C)(C)C)cc2)cc1. The van der Waals surface area contributed by atoms with Crippen molar-refractivity contribution >= 4 is 34.7 Å². The van der Waals surface area contributed by atoms with Gasteiger partial charge in [-0.15, -0.1) is 0 Å². The predicted octanol–water partition coefficient (Wildman–Crippen LogP) is 4.74. The van der Waals surface area contributed by atoms with Gasteiger partial charge in [0.25, 0.3) is 0 Å². The lowest BCUT2D eigenvalue weighted by atomic mass is 10.2. The van der Waals surface area contributed by atoms with Gasteiger partial charge in [-0.2, -0.15) is 0 Å². The maximum atomic E-state index is 11.7. The van der Waals surface area contributed by atoms with Crippen molar-refractivity contribution in [2.75, 3.05) is 16.0 Å². The molecule has 6 heteroatoms. The quantitative estimate of drug-likeness (QED) is 0.751. The Hall–Kier alpha value is -3.02. The van der Waals surface area contributed by atoms with Crippen molar-refractivity contribution < 1.29 is 14.3 Å². The van der Waals surface area contributed by atoms with Crippen LogP contribution in [0.2, 0.25) is 0 Å². The third kappa shape index (κ3) is 6.55. The van der Waals surface area contributed by atoms with Crippen LogP contribution in [0.4, 0.5) is 27.5 Å². The number of hydrogen-bond acceptors (Lipinski definition) is 4. The van der Waals surface area contributed by atoms with Crippen molar-refractivity contribution in [3.05, 3.63) is 48.5 Å². The fourth-order valence-corrected chi connectivity index (χ4v) is 2.07. The number of nitrogens with one attached hydrogen (secondary N) is 3. The number of benzene rings is 2. The second-order valence-electron chi connectivity index (χ2n) is 6.59. The largest absolute Gasteiger partial charge is 0.444 e. The van der Waals surface area contributed by atoms with Gasteiger partial charge >= 0.3 is 6.09 Å². The van der Waals surface area contributed by atoms with Crippen molar-refractivity contribution in [1.29, 1.82) is 0 Å². The Bertz CT molecular complexity index is 732. The molecule has 25 heavy (non-hydrogen) atoms. The molecule has 3 N–H and O–H groups in total. The van der Waals surface area contributed by atoms with Crippen molar-refractivity contribution in [3.63, 3.8) is 0 Å². The van der Waals surface area contributed by atoms with E-state index in [0.29, 0.717) is 5.69 Å². The lowest BCUT2D eigenvalue weighted by Gasteiger charge is -2.19. The molecule has 0 aliphatic carbocycles. The molecule has 0 unspecified atom stereocenters. The molecule has 2 aromatic carbocycles. The van der Waals surface area contributed by atoms with E-state index < -0.39 is 11.7 Å². The van der Waals surface area contributed by atoms with Crippen LogP contribution in [0.3, 0.4) is 0 Å². The molecular formula is C19H23N3O3. The van der Waals surface area contributed by atoms with E-state index in [2.05, 4.69) is 16.0 Å². The van der Waals surface area contributed by atoms with Crippen molar-refractivity contribution in [3.8, 4) is 0 Å². The van der Waals surface area contributed by atoms with Gasteiger partial charge in [0.05, 0.1) is 0 Å². The third-order valence-electron chi connectivity index (χ3n) is 3.02. The van der Waals surface area contributed by atoms with Crippen LogP contribution in [-0.4, -0.2) is 17.6 Å². The summed E-state index contributed by atoms with van der Waals surface area (Å²) in [5, 5.41) is 8.65. The number of hydrogen-bond donors (Lipinski definition) is 3. The van der Waals surface area contributed by atoms with Gasteiger partial charge in [-0.1, -0.05) is 0 Å². The van der Waals surface area contributed by atoms with E-state index >= 15 is 0 Å². The van der Waals surface area contributed by atoms with Crippen molar-refractivity contribution in [2.24, 2.45) is 0 Å². The summed E-state index contributed by atoms with van der Waals surface area (Å²) in [4.78, 5) is 22.7. The molecule has 2 amide bonds. The van der Waals surface area contributed by atoms with Gasteiger partial charge in [0.15, 0.2) is 0 Å². The molecule has 0 aliphatic rings. The third-order valence-corrected chi connectivity index (χ3v) is 3.02. The number of carbonyl (C=O) groups excluding carboxylic acids is 2. The van der Waals surface area contributed by atoms with Crippen LogP contribution < -0.4 is 16.0 Å². The Balaban J connectivity index is 1.93. The molecule has 2 aromatic rings. The minimum atomic E-state index is -0.533. The average molecular weight is 341 g/mol. The maximum absolute atomic E-state index is 11.7. The van der Waals surface area contributed by atoms with Gasteiger partial charge in [-0.3, -0.25) is 10.1 Å². The fraction of sp³-hybridized carbons (Fsp3) is 0.263. The highest BCUT2D eigenvalue weighted by Gasteiger charge is 2.16. The zero-order valence-corrected chi connectivity index (χ0v) is 14.8. The molecule has 0 atom stereocenters. The first-order valence-corrected chi connectivity index (χ1v) is 7.96. The first kappa shape index (κ1) is 18.3. The highest BCUT2D eigenvalue weighted by molar-refractivity contribution is 5.89. The van der Waals surface area contributed by atoms with E-state index in [-0.39, 0.29) is 5.91 Å². The molecule has 0 spiro atoms. The topological polar surface area (TPSA) is 79.5 Å². The molecule has 2 rings (SSSR count). The number of amides is 2. The van der Waals surface area contributed by atoms with Crippen LogP contribution in [-0.2, 0) is 9.53 Å². The summed E-state index contributed by atoms with van der Waals surface area (Å²) in [5.41, 5.74) is 2.63. The second kappa shape index (κ2) is 7.70. The van der Waals surface area contributed by atoms with E-state index in [4.69, 9.17) is 4.74 Å². The van der Waals surface area contributed by atoms with Gasteiger partial charge in [0.1, 0.15) is 5.60 Å². The first-order valence-electron chi connectivity index (χ1n) is 7.96. The minimum absolute atomic E-state index is 0.103. The summed E-state index contributed by atoms with van der Waals surface area (Å²) < 4.78 is 5.21. The summed E-state index contributed by atoms with van der Waals surface area (Å²) in [5.74, 6) is -0.103. The molecular weight excluding hydrogens is 318 g/mol. The van der Waals surface area contributed by atoms with Crippen LogP contribution in [0.15, 0.2) is 48.5 Å². The van der Waals surface area contributed by atoms with E-state index in [1.165, 1.54) is 6.92 Å². The molecule has 0 bridgehead atoms. The van der Waals surface area contributed by atoms with Gasteiger partial charge in [0, 0.05) is 29.7 Å². The van der Waals surface area contributed by atoms with Gasteiger partial charge in [-0.05, 0) is 69.3 Å². The van der Waals surface area contributed by atoms with Crippen LogP contribution >= 0.6 is 0 Å². The Labute approximate surface area is 147 Å². The Morgan fingerprint density at radius 3 is 1.56 bits per heavy atom. The zero-order valence-electron chi connectivity index (χ0n) is 14.8. The van der Waals surface area contributed by atoms with E-state index in [1.807, 2.05) is 57.2 Å². The number of anilines is 4. The molecule has 0 aliphatic heterocycles. The lowest BCUT2D eigenvalue weighted by molar-refractivity contribution is -0.114. The van der Waals surface area contributed by atoms with Gasteiger partial charge < -0.3 is 15.4 Å². The number of carbonyl (C=O) groups is 2. The van der Waals surface area contributed by atoms with E-state index in [0.717, 1.165) is 17.1 Å². The van der Waals surface area contributed by atoms with E-state index in [9.17, 15) is 9.59 Å². The molecule has 0 heterocycles. The molecule has 0 fully saturated rings. The fourth-order valence-electron chi connectivity index (χ4n) is 2.07. The van der Waals surface area contributed by atoms with Crippen LogP contribution in [0.1, 0.15) is 27.7 Å². The predicted molar refractivity (Wildman–Crippen MR) is 100 cm³/mol. The zero-order chi connectivity index (χ0) is 18.4. The lowest BCUT2D eigenvalue weighted by Crippen LogP contribution is -2.27. The molecule has 0 radical (unpaired) electrons. The first-order chi connectivity index (χ1) is 11.7. The number of rotatable bonds is 4. The Morgan fingerprint density at radius 2 is 1.16 bits per heavy atom. The summed E-state index contributed by atoms with van der Waals surface area (Å²) >= 11 is 0. The van der Waals surface area contributed by atoms with Crippen LogP contribution in [0, 0.1) is 0 Å². The summed E-state index contributed by atoms with van der Waals surface area (Å²) in [6.45, 7) is 6.92. The van der Waals surface area contributed by atoms with Crippen LogP contribution in [0.25, 0.3) is 0 Å². The van der Waals surface area contributed by atoms with Gasteiger partial charge in [0.2, 0.25) is 5.91 Å². The maximum Gasteiger partial charge on any atom is 0.412 e. The normalized spacial score (nSPS) is 10.7. The highest BCUT2D eigenvalue weighted by Crippen LogP contribution is 2.21. The Kier molecular flexibility index (Phi) is 5.64. The minimum Gasteiger partial charge on any atom is -0.444 e. The van der Waals surface area contributed by atoms with Gasteiger partial charge in [-0.25, -0.2) is 4.79 Å². The monoisotopic (exact) mass is 341 g/mol. The van der Waals surface area contributed by atoms with Crippen molar-refractivity contribution in [1.82, 2.24) is 0 Å². The van der Waals surface area contributed by atoms with Crippen molar-refractivity contribution in [2.45, 2.75) is 33.3 Å². The summed E-state index contributed by atoms with van der Waals surface area (Å²) in [7, 11) is 0. The van der Waals surface area contributed by atoms with Crippen LogP contribution in [0.5, 0.6) is 0 Å². The molecule has 6 nitrogen and oxygen atoms in total. The standard InChI is InChI=1S/C19H23N3O3/c1-13(23)20-14-5-7-15(8-6-14)21-16-9-11-17(12-10-16)22-18(24)25-19(2,3)4/h5-12,21H,1-4H3,(H,20,23)(H,22,24). The molecule has 132 valence electrons. The summed E-state index contributed by atoms with van der Waals surface area (Å²) in [6.07, 6.45) is -0.484.